The van der Waals surface area contributed by atoms with E-state index in [0.717, 1.165) is 16.5 Å². The molecule has 0 fully saturated rings. The third kappa shape index (κ3) is 9.64. The second-order valence-corrected chi connectivity index (χ2v) is 12.8. The second-order valence-electron chi connectivity index (χ2n) is 9.97. The lowest BCUT2D eigenvalue weighted by Crippen LogP contribution is -2.44. The standard InChI is InChI=1S/C32H31N5O7S2/c1-22(38)34-29(20-23-8-4-2-5-9-23)32(40)35-25-14-12-24(13-15-25)31(39)36-46(43,44)27-16-17-28(30(21-27)37(41)42)33-18-19-45-26-10-6-3-7-11-26/h2-17,21,29,33H,18-20H2,1H3,(H,34,38)(H,35,40)(H,36,39)/t29-/m0/s1. The van der Waals surface area contributed by atoms with Crippen LogP contribution in [-0.2, 0) is 26.0 Å². The van der Waals surface area contributed by atoms with E-state index in [9.17, 15) is 32.9 Å². The van der Waals surface area contributed by atoms with Crippen LogP contribution >= 0.6 is 11.8 Å². The summed E-state index contributed by atoms with van der Waals surface area (Å²) in [5, 5.41) is 20.0. The van der Waals surface area contributed by atoms with Crippen molar-refractivity contribution in [3.05, 3.63) is 124 Å². The Morgan fingerprint density at radius 1 is 0.891 bits per heavy atom. The minimum atomic E-state index is -4.47. The summed E-state index contributed by atoms with van der Waals surface area (Å²) in [7, 11) is -4.47. The number of thioether (sulfide) groups is 1. The van der Waals surface area contributed by atoms with Gasteiger partial charge in [0, 0.05) is 47.9 Å². The molecule has 0 radical (unpaired) electrons. The number of sulfonamides is 1. The topological polar surface area (TPSA) is 177 Å². The zero-order valence-electron chi connectivity index (χ0n) is 24.6. The smallest absolute Gasteiger partial charge is 0.293 e. The van der Waals surface area contributed by atoms with Gasteiger partial charge in [-0.3, -0.25) is 24.5 Å². The number of amides is 3. The average Bonchev–Trinajstić information content (AvgIpc) is 3.03. The van der Waals surface area contributed by atoms with Gasteiger partial charge in [0.05, 0.1) is 9.82 Å². The number of hydrogen-bond acceptors (Lipinski definition) is 9. The second kappa shape index (κ2) is 15.7. The van der Waals surface area contributed by atoms with Crippen molar-refractivity contribution >= 4 is 56.6 Å². The number of rotatable bonds is 14. The Morgan fingerprint density at radius 2 is 1.54 bits per heavy atom. The van der Waals surface area contributed by atoms with Crippen LogP contribution in [0, 0.1) is 10.1 Å². The number of carbonyl (C=O) groups is 3. The van der Waals surface area contributed by atoms with E-state index in [1.54, 1.807) is 11.8 Å². The molecule has 4 aromatic rings. The average molecular weight is 662 g/mol. The summed E-state index contributed by atoms with van der Waals surface area (Å²) in [6.45, 7) is 1.70. The number of nitrogens with one attached hydrogen (secondary N) is 4. The van der Waals surface area contributed by atoms with E-state index < -0.39 is 43.4 Å². The van der Waals surface area contributed by atoms with Crippen LogP contribution in [0.25, 0.3) is 0 Å². The van der Waals surface area contributed by atoms with Crippen molar-refractivity contribution in [1.82, 2.24) is 10.0 Å². The maximum absolute atomic E-state index is 13.0. The third-order valence-electron chi connectivity index (χ3n) is 6.52. The van der Waals surface area contributed by atoms with Crippen molar-refractivity contribution in [2.24, 2.45) is 0 Å². The molecular weight excluding hydrogens is 631 g/mol. The lowest BCUT2D eigenvalue weighted by atomic mass is 10.0. The number of nitro groups is 1. The number of nitrogens with zero attached hydrogens (tertiary/aromatic N) is 1. The molecule has 0 aliphatic rings. The molecule has 0 spiro atoms. The maximum atomic E-state index is 13.0. The fourth-order valence-corrected chi connectivity index (χ4v) is 6.11. The van der Waals surface area contributed by atoms with Crippen molar-refractivity contribution < 1.29 is 27.7 Å². The molecule has 46 heavy (non-hydrogen) atoms. The maximum Gasteiger partial charge on any atom is 0.293 e. The molecule has 4 rings (SSSR count). The highest BCUT2D eigenvalue weighted by Gasteiger charge is 2.24. The van der Waals surface area contributed by atoms with Crippen LogP contribution in [0.2, 0.25) is 0 Å². The molecule has 0 aromatic heterocycles. The Labute approximate surface area is 270 Å². The molecule has 0 heterocycles. The van der Waals surface area contributed by atoms with Crippen LogP contribution in [0.3, 0.4) is 0 Å². The van der Waals surface area contributed by atoms with Gasteiger partial charge in [0.1, 0.15) is 11.7 Å². The van der Waals surface area contributed by atoms with E-state index >= 15 is 0 Å². The molecule has 0 aliphatic heterocycles. The summed E-state index contributed by atoms with van der Waals surface area (Å²) in [5.74, 6) is -1.21. The summed E-state index contributed by atoms with van der Waals surface area (Å²) in [5.41, 5.74) is 0.816. The number of nitro benzene ring substituents is 1. The zero-order valence-corrected chi connectivity index (χ0v) is 26.3. The van der Waals surface area contributed by atoms with Crippen molar-refractivity contribution in [1.29, 1.82) is 0 Å². The molecule has 14 heteroatoms. The van der Waals surface area contributed by atoms with Crippen LogP contribution in [0.1, 0.15) is 22.8 Å². The van der Waals surface area contributed by atoms with Crippen molar-refractivity contribution in [2.45, 2.75) is 29.2 Å². The SMILES string of the molecule is CC(=O)N[C@@H](Cc1ccccc1)C(=O)Nc1ccc(C(=O)NS(=O)(=O)c2ccc(NCCSc3ccccc3)c([N+](=O)[O-])c2)cc1. The molecule has 0 unspecified atom stereocenters. The number of benzene rings is 4. The Kier molecular flexibility index (Phi) is 11.5. The fraction of sp³-hybridized carbons (Fsp3) is 0.156. The van der Waals surface area contributed by atoms with E-state index in [0.29, 0.717) is 18.0 Å². The highest BCUT2D eigenvalue weighted by atomic mass is 32.2. The van der Waals surface area contributed by atoms with Gasteiger partial charge in [-0.15, -0.1) is 11.8 Å². The molecule has 4 N–H and O–H groups in total. The van der Waals surface area contributed by atoms with Crippen LogP contribution in [0.15, 0.2) is 113 Å². The van der Waals surface area contributed by atoms with E-state index in [4.69, 9.17) is 0 Å². The molecule has 12 nitrogen and oxygen atoms in total. The summed E-state index contributed by atoms with van der Waals surface area (Å²) in [6.07, 6.45) is 0.257. The van der Waals surface area contributed by atoms with Gasteiger partial charge in [-0.2, -0.15) is 0 Å². The van der Waals surface area contributed by atoms with E-state index in [2.05, 4.69) is 16.0 Å². The van der Waals surface area contributed by atoms with Gasteiger partial charge < -0.3 is 16.0 Å². The van der Waals surface area contributed by atoms with Crippen LogP contribution in [-0.4, -0.2) is 49.4 Å². The Balaban J connectivity index is 1.38. The predicted octanol–water partition coefficient (Wildman–Crippen LogP) is 4.60. The van der Waals surface area contributed by atoms with E-state index in [1.807, 2.05) is 65.4 Å². The summed E-state index contributed by atoms with van der Waals surface area (Å²) in [6, 6.07) is 26.7. The Hall–Kier alpha value is -5.21. The predicted molar refractivity (Wildman–Crippen MR) is 176 cm³/mol. The lowest BCUT2D eigenvalue weighted by Gasteiger charge is -2.18. The first kappa shape index (κ1) is 33.7. The number of carbonyl (C=O) groups excluding carboxylic acids is 3. The van der Waals surface area contributed by atoms with Crippen LogP contribution < -0.4 is 20.7 Å². The van der Waals surface area contributed by atoms with Gasteiger partial charge >= 0.3 is 0 Å². The lowest BCUT2D eigenvalue weighted by molar-refractivity contribution is -0.384. The summed E-state index contributed by atoms with van der Waals surface area (Å²) in [4.78, 5) is 49.0. The molecule has 0 saturated heterocycles. The van der Waals surface area contributed by atoms with Crippen molar-refractivity contribution in [3.63, 3.8) is 0 Å². The fourth-order valence-electron chi connectivity index (χ4n) is 4.33. The number of anilines is 2. The molecule has 1 atom stereocenters. The molecule has 0 saturated carbocycles. The van der Waals surface area contributed by atoms with Crippen LogP contribution in [0.5, 0.6) is 0 Å². The summed E-state index contributed by atoms with van der Waals surface area (Å²) < 4.78 is 27.9. The van der Waals surface area contributed by atoms with Gasteiger partial charge in [-0.25, -0.2) is 13.1 Å². The minimum Gasteiger partial charge on any atom is -0.379 e. The van der Waals surface area contributed by atoms with Crippen molar-refractivity contribution in [3.8, 4) is 0 Å². The van der Waals surface area contributed by atoms with Gasteiger partial charge in [0.25, 0.3) is 21.6 Å². The highest BCUT2D eigenvalue weighted by Crippen LogP contribution is 2.28. The molecule has 238 valence electrons. The first-order valence-electron chi connectivity index (χ1n) is 14.0. The first-order valence-corrected chi connectivity index (χ1v) is 16.5. The summed E-state index contributed by atoms with van der Waals surface area (Å²) >= 11 is 1.56. The monoisotopic (exact) mass is 661 g/mol. The Morgan fingerprint density at radius 3 is 2.17 bits per heavy atom. The quantitative estimate of drug-likeness (QED) is 0.0651. The molecule has 0 aliphatic carbocycles. The van der Waals surface area contributed by atoms with Gasteiger partial charge in [0.15, 0.2) is 0 Å². The molecule has 3 amide bonds. The minimum absolute atomic E-state index is 0.0343. The van der Waals surface area contributed by atoms with Crippen molar-refractivity contribution in [2.75, 3.05) is 22.9 Å². The number of hydrogen-bond donors (Lipinski definition) is 4. The van der Waals surface area contributed by atoms with E-state index in [1.165, 1.54) is 43.3 Å². The van der Waals surface area contributed by atoms with Gasteiger partial charge in [-0.1, -0.05) is 48.5 Å². The zero-order chi connectivity index (χ0) is 33.1. The Bertz CT molecular complexity index is 1800. The molecule has 0 bridgehead atoms. The first-order chi connectivity index (χ1) is 22.0. The highest BCUT2D eigenvalue weighted by molar-refractivity contribution is 7.99. The van der Waals surface area contributed by atoms with E-state index in [-0.39, 0.29) is 23.6 Å². The van der Waals surface area contributed by atoms with Gasteiger partial charge in [0.2, 0.25) is 11.8 Å². The normalized spacial score (nSPS) is 11.6. The third-order valence-corrected chi connectivity index (χ3v) is 8.87. The van der Waals surface area contributed by atoms with Gasteiger partial charge in [-0.05, 0) is 54.1 Å². The molecular formula is C32H31N5O7S2. The van der Waals surface area contributed by atoms with Crippen LogP contribution in [0.4, 0.5) is 17.1 Å². The molecule has 4 aromatic carbocycles. The largest absolute Gasteiger partial charge is 0.379 e.